The van der Waals surface area contributed by atoms with Gasteiger partial charge in [-0.25, -0.2) is 8.78 Å². The second-order valence-corrected chi connectivity index (χ2v) is 5.56. The number of benzene rings is 1. The standard InChI is InChI=1S/C16H19F2N3O/c1-11(22)21-10-13(12-4-2-3-5-14(12)21)15(16(17)18)20-8-6-19-7-9-20/h2-5,10,15-16,19H,6-9H2,1H3/t15-/m1/s1. The quantitative estimate of drug-likeness (QED) is 0.947. The summed E-state index contributed by atoms with van der Waals surface area (Å²) in [6.45, 7) is 4.00. The van der Waals surface area contributed by atoms with Crippen molar-refractivity contribution in [3.63, 3.8) is 0 Å². The molecule has 2 aromatic rings. The average Bonchev–Trinajstić information content (AvgIpc) is 2.88. The average molecular weight is 307 g/mol. The van der Waals surface area contributed by atoms with Crippen LogP contribution < -0.4 is 5.32 Å². The van der Waals surface area contributed by atoms with E-state index in [1.807, 2.05) is 18.2 Å². The molecule has 118 valence electrons. The van der Waals surface area contributed by atoms with E-state index in [4.69, 9.17) is 0 Å². The van der Waals surface area contributed by atoms with Gasteiger partial charge < -0.3 is 5.32 Å². The maximum atomic E-state index is 13.8. The van der Waals surface area contributed by atoms with Crippen LogP contribution in [0.15, 0.2) is 30.5 Å². The number of aromatic nitrogens is 1. The molecule has 1 aliphatic heterocycles. The van der Waals surface area contributed by atoms with E-state index >= 15 is 0 Å². The fourth-order valence-corrected chi connectivity index (χ4v) is 3.15. The largest absolute Gasteiger partial charge is 0.314 e. The minimum atomic E-state index is -2.50. The molecule has 6 heteroatoms. The van der Waals surface area contributed by atoms with Crippen LogP contribution in [-0.4, -0.2) is 48.0 Å². The lowest BCUT2D eigenvalue weighted by atomic mass is 10.0. The van der Waals surface area contributed by atoms with Gasteiger partial charge in [0.25, 0.3) is 6.43 Å². The summed E-state index contributed by atoms with van der Waals surface area (Å²) in [5, 5.41) is 3.90. The number of rotatable bonds is 3. The normalized spacial score (nSPS) is 18.0. The molecule has 0 radical (unpaired) electrons. The Morgan fingerprint density at radius 3 is 2.55 bits per heavy atom. The molecule has 1 N–H and O–H groups in total. The molecule has 0 bridgehead atoms. The third kappa shape index (κ3) is 2.64. The number of hydrogen-bond acceptors (Lipinski definition) is 3. The highest BCUT2D eigenvalue weighted by Crippen LogP contribution is 2.34. The summed E-state index contributed by atoms with van der Waals surface area (Å²) in [4.78, 5) is 13.6. The van der Waals surface area contributed by atoms with Crippen molar-refractivity contribution in [1.82, 2.24) is 14.8 Å². The summed E-state index contributed by atoms with van der Waals surface area (Å²) < 4.78 is 29.0. The summed E-state index contributed by atoms with van der Waals surface area (Å²) in [6.07, 6.45) is -0.921. The Balaban J connectivity index is 2.11. The Kier molecular flexibility index (Phi) is 4.22. The number of piperazine rings is 1. The van der Waals surface area contributed by atoms with Crippen molar-refractivity contribution >= 4 is 16.8 Å². The third-order valence-corrected chi connectivity index (χ3v) is 4.18. The highest BCUT2D eigenvalue weighted by molar-refractivity contribution is 5.93. The number of halogens is 2. The van der Waals surface area contributed by atoms with Crippen molar-refractivity contribution in [2.24, 2.45) is 0 Å². The highest BCUT2D eigenvalue weighted by Gasteiger charge is 2.32. The Morgan fingerprint density at radius 2 is 1.91 bits per heavy atom. The van der Waals surface area contributed by atoms with Gasteiger partial charge >= 0.3 is 0 Å². The fourth-order valence-electron chi connectivity index (χ4n) is 3.15. The zero-order valence-corrected chi connectivity index (χ0v) is 12.4. The van der Waals surface area contributed by atoms with Gasteiger partial charge in [0.2, 0.25) is 5.91 Å². The van der Waals surface area contributed by atoms with E-state index < -0.39 is 12.5 Å². The van der Waals surface area contributed by atoms with Crippen molar-refractivity contribution in [3.8, 4) is 0 Å². The molecule has 1 atom stereocenters. The zero-order valence-electron chi connectivity index (χ0n) is 12.4. The lowest BCUT2D eigenvalue weighted by molar-refractivity contribution is 0.0188. The van der Waals surface area contributed by atoms with Gasteiger partial charge in [-0.2, -0.15) is 0 Å². The summed E-state index contributed by atoms with van der Waals surface area (Å²) in [7, 11) is 0. The van der Waals surface area contributed by atoms with Gasteiger partial charge in [-0.15, -0.1) is 0 Å². The van der Waals surface area contributed by atoms with Crippen LogP contribution in [0, 0.1) is 0 Å². The van der Waals surface area contributed by atoms with E-state index in [-0.39, 0.29) is 5.91 Å². The fraction of sp³-hybridized carbons (Fsp3) is 0.438. The van der Waals surface area contributed by atoms with Crippen LogP contribution in [-0.2, 0) is 0 Å². The van der Waals surface area contributed by atoms with Crippen LogP contribution >= 0.6 is 0 Å². The second-order valence-electron chi connectivity index (χ2n) is 5.56. The van der Waals surface area contributed by atoms with Crippen LogP contribution in [0.25, 0.3) is 10.9 Å². The molecule has 0 unspecified atom stereocenters. The topological polar surface area (TPSA) is 37.3 Å². The first-order chi connectivity index (χ1) is 10.6. The monoisotopic (exact) mass is 307 g/mol. The molecular weight excluding hydrogens is 288 g/mol. The predicted octanol–water partition coefficient (Wildman–Crippen LogP) is 2.51. The number of para-hydroxylation sites is 1. The SMILES string of the molecule is CC(=O)n1cc([C@H](C(F)F)N2CCNCC2)c2ccccc21. The zero-order chi connectivity index (χ0) is 15.7. The molecule has 1 fully saturated rings. The van der Waals surface area contributed by atoms with Gasteiger partial charge in [0, 0.05) is 50.2 Å². The second kappa shape index (κ2) is 6.14. The van der Waals surface area contributed by atoms with Gasteiger partial charge in [-0.05, 0) is 6.07 Å². The lowest BCUT2D eigenvalue weighted by Gasteiger charge is -2.34. The first-order valence-corrected chi connectivity index (χ1v) is 7.43. The summed E-state index contributed by atoms with van der Waals surface area (Å²) in [6, 6.07) is 6.25. The molecule has 0 aliphatic carbocycles. The summed E-state index contributed by atoms with van der Waals surface area (Å²) in [5.74, 6) is -0.171. The van der Waals surface area contributed by atoms with Crippen LogP contribution in [0.3, 0.4) is 0 Å². The summed E-state index contributed by atoms with van der Waals surface area (Å²) in [5.41, 5.74) is 1.22. The Labute approximate surface area is 127 Å². The van der Waals surface area contributed by atoms with Crippen LogP contribution in [0.4, 0.5) is 8.78 Å². The number of fused-ring (bicyclic) bond motifs is 1. The molecule has 1 aromatic carbocycles. The maximum absolute atomic E-state index is 13.8. The van der Waals surface area contributed by atoms with Crippen LogP contribution in [0.1, 0.15) is 23.3 Å². The Hall–Kier alpha value is -1.79. The maximum Gasteiger partial charge on any atom is 0.258 e. The molecule has 2 heterocycles. The number of alkyl halides is 2. The van der Waals surface area contributed by atoms with Gasteiger partial charge in [0.05, 0.1) is 11.6 Å². The predicted molar refractivity (Wildman–Crippen MR) is 81.4 cm³/mol. The van der Waals surface area contributed by atoms with Crippen molar-refractivity contribution in [2.45, 2.75) is 19.4 Å². The van der Waals surface area contributed by atoms with Crippen molar-refractivity contribution < 1.29 is 13.6 Å². The molecule has 1 aromatic heterocycles. The highest BCUT2D eigenvalue weighted by atomic mass is 19.3. The van der Waals surface area contributed by atoms with Gasteiger partial charge in [0.1, 0.15) is 0 Å². The van der Waals surface area contributed by atoms with Gasteiger partial charge in [-0.1, -0.05) is 18.2 Å². The van der Waals surface area contributed by atoms with Crippen molar-refractivity contribution in [1.29, 1.82) is 0 Å². The number of hydrogen-bond donors (Lipinski definition) is 1. The third-order valence-electron chi connectivity index (χ3n) is 4.18. The number of nitrogens with one attached hydrogen (secondary N) is 1. The summed E-state index contributed by atoms with van der Waals surface area (Å²) >= 11 is 0. The minimum absolute atomic E-state index is 0.171. The first kappa shape index (κ1) is 15.1. The molecule has 0 spiro atoms. The molecule has 1 aliphatic rings. The molecule has 1 saturated heterocycles. The molecule has 4 nitrogen and oxygen atoms in total. The molecular formula is C16H19F2N3O. The smallest absolute Gasteiger partial charge is 0.258 e. The Bertz CT molecular complexity index is 677. The van der Waals surface area contributed by atoms with E-state index in [1.165, 1.54) is 11.5 Å². The Morgan fingerprint density at radius 1 is 1.23 bits per heavy atom. The molecule has 22 heavy (non-hydrogen) atoms. The molecule has 0 amide bonds. The van der Waals surface area contributed by atoms with Crippen LogP contribution in [0.2, 0.25) is 0 Å². The first-order valence-electron chi connectivity index (χ1n) is 7.43. The van der Waals surface area contributed by atoms with Crippen molar-refractivity contribution in [3.05, 3.63) is 36.0 Å². The molecule has 3 rings (SSSR count). The van der Waals surface area contributed by atoms with Crippen LogP contribution in [0.5, 0.6) is 0 Å². The minimum Gasteiger partial charge on any atom is -0.314 e. The molecule has 0 saturated carbocycles. The number of carbonyl (C=O) groups is 1. The van der Waals surface area contributed by atoms with E-state index in [2.05, 4.69) is 5.32 Å². The van der Waals surface area contributed by atoms with E-state index in [0.717, 1.165) is 5.39 Å². The number of carbonyl (C=O) groups excluding carboxylic acids is 1. The van der Waals surface area contributed by atoms with Gasteiger partial charge in [0.15, 0.2) is 0 Å². The lowest BCUT2D eigenvalue weighted by Crippen LogP contribution is -2.46. The van der Waals surface area contributed by atoms with Gasteiger partial charge in [-0.3, -0.25) is 14.3 Å². The number of nitrogens with zero attached hydrogens (tertiary/aromatic N) is 2. The van der Waals surface area contributed by atoms with Crippen molar-refractivity contribution in [2.75, 3.05) is 26.2 Å². The van der Waals surface area contributed by atoms with E-state index in [9.17, 15) is 13.6 Å². The van der Waals surface area contributed by atoms with E-state index in [1.54, 1.807) is 17.2 Å². The van der Waals surface area contributed by atoms with E-state index in [0.29, 0.717) is 37.3 Å².